The predicted molar refractivity (Wildman–Crippen MR) is 82.1 cm³/mol. The molecule has 21 heavy (non-hydrogen) atoms. The molecule has 0 saturated heterocycles. The molecule has 0 aliphatic carbocycles. The van der Waals surface area contributed by atoms with Crippen molar-refractivity contribution in [3.8, 4) is 12.1 Å². The molecule has 1 rings (SSSR count). The van der Waals surface area contributed by atoms with E-state index in [0.29, 0.717) is 17.8 Å². The summed E-state index contributed by atoms with van der Waals surface area (Å²) in [5.74, 6) is -0.00844. The monoisotopic (exact) mass is 282 g/mol. The van der Waals surface area contributed by atoms with Gasteiger partial charge in [0.05, 0.1) is 0 Å². The van der Waals surface area contributed by atoms with Crippen LogP contribution in [-0.4, -0.2) is 5.91 Å². The maximum atomic E-state index is 11.7. The van der Waals surface area contributed by atoms with E-state index in [1.54, 1.807) is 36.4 Å². The number of unbranched alkanes of at least 4 members (excludes halogenated alkanes) is 2. The molecule has 0 aliphatic heterocycles. The van der Waals surface area contributed by atoms with E-state index < -0.39 is 0 Å². The van der Waals surface area contributed by atoms with Crippen molar-refractivity contribution in [1.82, 2.24) is 0 Å². The molecule has 1 aromatic carbocycles. The van der Waals surface area contributed by atoms with Crippen LogP contribution in [0.2, 0.25) is 0 Å². The van der Waals surface area contributed by atoms with E-state index in [9.17, 15) is 4.79 Å². The number of amides is 1. The predicted octanol–water partition coefficient (Wildman–Crippen LogP) is 3.55. The topological polar surface area (TPSA) is 88.7 Å². The van der Waals surface area contributed by atoms with Crippen LogP contribution in [0.25, 0.3) is 0 Å². The number of carbonyl (C=O) groups is 1. The second kappa shape index (κ2) is 9.17. The van der Waals surface area contributed by atoms with E-state index in [4.69, 9.17) is 10.5 Å². The van der Waals surface area contributed by atoms with E-state index in [0.717, 1.165) is 19.3 Å². The summed E-state index contributed by atoms with van der Waals surface area (Å²) < 4.78 is 0. The molecule has 5 nitrogen and oxygen atoms in total. The lowest BCUT2D eigenvalue weighted by Gasteiger charge is -2.07. The summed E-state index contributed by atoms with van der Waals surface area (Å²) in [7, 11) is 0. The second-order valence-corrected chi connectivity index (χ2v) is 4.51. The number of benzene rings is 1. The van der Waals surface area contributed by atoms with Crippen LogP contribution >= 0.6 is 0 Å². The highest BCUT2D eigenvalue weighted by Gasteiger charge is 2.02. The van der Waals surface area contributed by atoms with Crippen molar-refractivity contribution >= 4 is 17.3 Å². The molecule has 5 heteroatoms. The summed E-state index contributed by atoms with van der Waals surface area (Å²) >= 11 is 0. The molecule has 0 aromatic heterocycles. The van der Waals surface area contributed by atoms with Crippen molar-refractivity contribution in [3.63, 3.8) is 0 Å². The molecule has 1 amide bonds. The molecule has 0 atom stereocenters. The Morgan fingerprint density at radius 1 is 1.24 bits per heavy atom. The van der Waals surface area contributed by atoms with Gasteiger partial charge in [0, 0.05) is 24.0 Å². The van der Waals surface area contributed by atoms with E-state index in [2.05, 4.69) is 17.6 Å². The van der Waals surface area contributed by atoms with Gasteiger partial charge in [-0.1, -0.05) is 25.8 Å². The average Bonchev–Trinajstić information content (AvgIpc) is 2.49. The third-order valence-electron chi connectivity index (χ3n) is 2.78. The van der Waals surface area contributed by atoms with Crippen LogP contribution in [0.1, 0.15) is 32.6 Å². The van der Waals surface area contributed by atoms with Gasteiger partial charge in [-0.3, -0.25) is 4.79 Å². The highest BCUT2D eigenvalue weighted by atomic mass is 16.1. The van der Waals surface area contributed by atoms with Gasteiger partial charge in [0.1, 0.15) is 17.7 Å². The van der Waals surface area contributed by atoms with Gasteiger partial charge in [-0.25, -0.2) is 0 Å². The Bertz CT molecular complexity index is 577. The van der Waals surface area contributed by atoms with Crippen LogP contribution < -0.4 is 10.6 Å². The zero-order valence-electron chi connectivity index (χ0n) is 12.0. The minimum Gasteiger partial charge on any atom is -0.360 e. The lowest BCUT2D eigenvalue weighted by atomic mass is 10.2. The third-order valence-corrected chi connectivity index (χ3v) is 2.78. The molecular formula is C16H18N4O. The summed E-state index contributed by atoms with van der Waals surface area (Å²) in [6.45, 7) is 2.09. The maximum absolute atomic E-state index is 11.7. The van der Waals surface area contributed by atoms with Gasteiger partial charge in [0.25, 0.3) is 0 Å². The maximum Gasteiger partial charge on any atom is 0.224 e. The summed E-state index contributed by atoms with van der Waals surface area (Å²) in [5, 5.41) is 23.0. The lowest BCUT2D eigenvalue weighted by Crippen LogP contribution is -2.11. The number of nitrogens with zero attached hydrogens (tertiary/aromatic N) is 2. The highest BCUT2D eigenvalue weighted by molar-refractivity contribution is 5.91. The third kappa shape index (κ3) is 6.26. The summed E-state index contributed by atoms with van der Waals surface area (Å²) in [6.07, 6.45) is 4.86. The van der Waals surface area contributed by atoms with Gasteiger partial charge in [0.2, 0.25) is 5.91 Å². The molecule has 0 fully saturated rings. The van der Waals surface area contributed by atoms with Gasteiger partial charge >= 0.3 is 0 Å². The van der Waals surface area contributed by atoms with Crippen molar-refractivity contribution in [2.45, 2.75) is 32.6 Å². The molecule has 0 spiro atoms. The van der Waals surface area contributed by atoms with Gasteiger partial charge in [0.15, 0.2) is 0 Å². The quantitative estimate of drug-likeness (QED) is 0.591. The lowest BCUT2D eigenvalue weighted by molar-refractivity contribution is -0.116. The number of rotatable bonds is 7. The van der Waals surface area contributed by atoms with E-state index in [1.165, 1.54) is 6.20 Å². The molecular weight excluding hydrogens is 264 g/mol. The first-order valence-electron chi connectivity index (χ1n) is 6.86. The number of nitrogens with one attached hydrogen (secondary N) is 2. The Labute approximate surface area is 124 Å². The van der Waals surface area contributed by atoms with Crippen molar-refractivity contribution in [3.05, 3.63) is 36.0 Å². The molecule has 1 aromatic rings. The summed E-state index contributed by atoms with van der Waals surface area (Å²) in [5.41, 5.74) is 1.37. The first kappa shape index (κ1) is 16.3. The Kier molecular flexibility index (Phi) is 7.10. The number of nitriles is 2. The zero-order valence-corrected chi connectivity index (χ0v) is 12.0. The van der Waals surface area contributed by atoms with Crippen LogP contribution in [0.3, 0.4) is 0 Å². The summed E-state index contributed by atoms with van der Waals surface area (Å²) in [6, 6.07) is 10.7. The number of allylic oxidation sites excluding steroid dienone is 1. The van der Waals surface area contributed by atoms with Gasteiger partial charge in [-0.05, 0) is 24.6 Å². The number of carbonyl (C=O) groups excluding carboxylic acids is 1. The molecule has 0 aliphatic rings. The van der Waals surface area contributed by atoms with Gasteiger partial charge in [-0.15, -0.1) is 0 Å². The fourth-order valence-electron chi connectivity index (χ4n) is 1.69. The summed E-state index contributed by atoms with van der Waals surface area (Å²) in [4.78, 5) is 11.7. The van der Waals surface area contributed by atoms with Crippen LogP contribution in [0.15, 0.2) is 36.0 Å². The van der Waals surface area contributed by atoms with Crippen molar-refractivity contribution in [2.75, 3.05) is 10.6 Å². The first-order chi connectivity index (χ1) is 10.2. The van der Waals surface area contributed by atoms with Crippen molar-refractivity contribution in [2.24, 2.45) is 0 Å². The van der Waals surface area contributed by atoms with E-state index >= 15 is 0 Å². The Morgan fingerprint density at radius 3 is 2.62 bits per heavy atom. The number of hydrogen-bond donors (Lipinski definition) is 2. The first-order valence-corrected chi connectivity index (χ1v) is 6.86. The van der Waals surface area contributed by atoms with Gasteiger partial charge in [-0.2, -0.15) is 10.5 Å². The minimum absolute atomic E-state index is 0.00844. The molecule has 0 bridgehead atoms. The van der Waals surface area contributed by atoms with Gasteiger partial charge < -0.3 is 10.6 Å². The average molecular weight is 282 g/mol. The fourth-order valence-corrected chi connectivity index (χ4v) is 1.69. The molecule has 0 radical (unpaired) electrons. The molecule has 0 heterocycles. The zero-order chi connectivity index (χ0) is 15.5. The molecule has 2 N–H and O–H groups in total. The number of anilines is 2. The number of hydrogen-bond acceptors (Lipinski definition) is 4. The smallest absolute Gasteiger partial charge is 0.224 e. The minimum atomic E-state index is -0.0102. The van der Waals surface area contributed by atoms with Crippen LogP contribution in [0, 0.1) is 22.7 Å². The Morgan fingerprint density at radius 2 is 1.95 bits per heavy atom. The van der Waals surface area contributed by atoms with Crippen LogP contribution in [0.5, 0.6) is 0 Å². The second-order valence-electron chi connectivity index (χ2n) is 4.51. The Balaban J connectivity index is 2.61. The van der Waals surface area contributed by atoms with E-state index in [1.807, 2.05) is 0 Å². The van der Waals surface area contributed by atoms with Crippen molar-refractivity contribution < 1.29 is 4.79 Å². The largest absolute Gasteiger partial charge is 0.360 e. The highest BCUT2D eigenvalue weighted by Crippen LogP contribution is 2.16. The normalized spacial score (nSPS) is 9.10. The standard InChI is InChI=1S/C16H18N4O/c1-2-3-4-8-16(21)20-15-7-5-6-14(9-15)19-12-13(10-17)11-18/h5-7,9,12,19H,2-4,8H2,1H3,(H,20,21). The molecule has 0 unspecified atom stereocenters. The molecule has 108 valence electrons. The van der Waals surface area contributed by atoms with Crippen LogP contribution in [0.4, 0.5) is 11.4 Å². The molecule has 0 saturated carbocycles. The van der Waals surface area contributed by atoms with Crippen molar-refractivity contribution in [1.29, 1.82) is 10.5 Å². The fraction of sp³-hybridized carbons (Fsp3) is 0.312. The Hall–Kier alpha value is -2.79. The SMILES string of the molecule is CCCCCC(=O)Nc1cccc(NC=C(C#N)C#N)c1. The van der Waals surface area contributed by atoms with E-state index in [-0.39, 0.29) is 11.5 Å². The van der Waals surface area contributed by atoms with Crippen LogP contribution in [-0.2, 0) is 4.79 Å².